The van der Waals surface area contributed by atoms with E-state index in [2.05, 4.69) is 4.99 Å². The number of phenols is 1. The van der Waals surface area contributed by atoms with Gasteiger partial charge in [-0.2, -0.15) is 5.06 Å². The van der Waals surface area contributed by atoms with Gasteiger partial charge in [-0.3, -0.25) is 10.0 Å². The number of rotatable bonds is 3. The van der Waals surface area contributed by atoms with Crippen molar-refractivity contribution in [2.24, 2.45) is 4.99 Å². The smallest absolute Gasteiger partial charge is 0.243 e. The number of allylic oxidation sites excluding steroid dienone is 6. The van der Waals surface area contributed by atoms with Crippen molar-refractivity contribution < 1.29 is 29.3 Å². The maximum atomic E-state index is 11.4. The van der Waals surface area contributed by atoms with Crippen LogP contribution in [0.2, 0.25) is 0 Å². The standard InChI is InChI=1S/C20H20N2O6/c1-11-10-22(25)20(28-11)15-6-5-14(21-12(2)23)9-16(15)13-7-17(26-3)19(24)18(8-13)27-4/h5-10,24-25H,1-4H3. The van der Waals surface area contributed by atoms with Crippen LogP contribution in [0.15, 0.2) is 58.8 Å². The van der Waals surface area contributed by atoms with Crippen LogP contribution in [-0.2, 0) is 9.53 Å². The summed E-state index contributed by atoms with van der Waals surface area (Å²) in [5, 5.41) is 21.2. The van der Waals surface area contributed by atoms with E-state index in [-0.39, 0.29) is 29.0 Å². The van der Waals surface area contributed by atoms with Gasteiger partial charge in [0.25, 0.3) is 0 Å². The summed E-state index contributed by atoms with van der Waals surface area (Å²) in [6.45, 7) is 3.07. The number of hydrogen-bond donors (Lipinski definition) is 2. The number of hydroxylamine groups is 2. The van der Waals surface area contributed by atoms with E-state index in [1.165, 1.54) is 27.3 Å². The van der Waals surface area contributed by atoms with E-state index in [9.17, 15) is 15.1 Å². The third-order valence-electron chi connectivity index (χ3n) is 4.08. The molecule has 1 aromatic carbocycles. The van der Waals surface area contributed by atoms with Crippen molar-refractivity contribution in [1.29, 1.82) is 0 Å². The lowest BCUT2D eigenvalue weighted by molar-refractivity contribution is -0.115. The van der Waals surface area contributed by atoms with Crippen LogP contribution >= 0.6 is 0 Å². The Kier molecular flexibility index (Phi) is 5.23. The molecule has 146 valence electrons. The molecular weight excluding hydrogens is 364 g/mol. The molecule has 3 rings (SSSR count). The van der Waals surface area contributed by atoms with E-state index in [4.69, 9.17) is 14.2 Å². The molecule has 0 radical (unpaired) electrons. The summed E-state index contributed by atoms with van der Waals surface area (Å²) in [7, 11) is 2.86. The summed E-state index contributed by atoms with van der Waals surface area (Å²) in [5.41, 5.74) is 2.19. The second kappa shape index (κ2) is 7.61. The number of carbonyl (C=O) groups is 1. The van der Waals surface area contributed by atoms with Crippen LogP contribution in [-0.4, -0.2) is 41.2 Å². The zero-order valence-electron chi connectivity index (χ0n) is 15.9. The molecule has 8 nitrogen and oxygen atoms in total. The second-order valence-electron chi connectivity index (χ2n) is 6.08. The van der Waals surface area contributed by atoms with Gasteiger partial charge in [-0.25, -0.2) is 4.99 Å². The van der Waals surface area contributed by atoms with Crippen LogP contribution in [0.1, 0.15) is 19.4 Å². The minimum absolute atomic E-state index is 0.133. The van der Waals surface area contributed by atoms with E-state index >= 15 is 0 Å². The Morgan fingerprint density at radius 3 is 2.32 bits per heavy atom. The van der Waals surface area contributed by atoms with E-state index in [1.807, 2.05) is 0 Å². The lowest BCUT2D eigenvalue weighted by Crippen LogP contribution is -2.12. The van der Waals surface area contributed by atoms with Gasteiger partial charge in [0.1, 0.15) is 5.76 Å². The van der Waals surface area contributed by atoms with E-state index in [0.717, 1.165) is 5.06 Å². The van der Waals surface area contributed by atoms with Crippen molar-refractivity contribution in [2.45, 2.75) is 13.8 Å². The highest BCUT2D eigenvalue weighted by atomic mass is 16.6. The van der Waals surface area contributed by atoms with Gasteiger partial charge >= 0.3 is 0 Å². The lowest BCUT2D eigenvalue weighted by Gasteiger charge is -2.20. The van der Waals surface area contributed by atoms with E-state index in [1.54, 1.807) is 37.3 Å². The van der Waals surface area contributed by atoms with Crippen molar-refractivity contribution in [1.82, 2.24) is 5.06 Å². The number of hydrogen-bond acceptors (Lipinski definition) is 7. The van der Waals surface area contributed by atoms with E-state index < -0.39 is 0 Å². The molecule has 28 heavy (non-hydrogen) atoms. The van der Waals surface area contributed by atoms with Crippen LogP contribution < -0.4 is 9.47 Å². The molecule has 8 heteroatoms. The maximum absolute atomic E-state index is 11.4. The largest absolute Gasteiger partial charge is 0.502 e. The fourth-order valence-corrected chi connectivity index (χ4v) is 2.89. The van der Waals surface area contributed by atoms with Gasteiger partial charge < -0.3 is 19.3 Å². The third-order valence-corrected chi connectivity index (χ3v) is 4.08. The first-order valence-corrected chi connectivity index (χ1v) is 8.37. The van der Waals surface area contributed by atoms with Crippen LogP contribution in [0.3, 0.4) is 0 Å². The summed E-state index contributed by atoms with van der Waals surface area (Å²) in [6.07, 6.45) is 6.45. The van der Waals surface area contributed by atoms with Crippen molar-refractivity contribution in [3.05, 3.63) is 59.3 Å². The van der Waals surface area contributed by atoms with Gasteiger partial charge in [0.05, 0.1) is 26.1 Å². The number of amides is 1. The first-order chi connectivity index (χ1) is 13.3. The summed E-state index contributed by atoms with van der Waals surface area (Å²) >= 11 is 0. The number of carbonyl (C=O) groups excluding carboxylic acids is 1. The summed E-state index contributed by atoms with van der Waals surface area (Å²) in [4.78, 5) is 15.4. The minimum atomic E-state index is -0.342. The van der Waals surface area contributed by atoms with Crippen molar-refractivity contribution in [3.63, 3.8) is 0 Å². The van der Waals surface area contributed by atoms with Gasteiger partial charge in [-0.1, -0.05) is 0 Å². The van der Waals surface area contributed by atoms with Gasteiger partial charge in [-0.05, 0) is 48.4 Å². The Hall–Kier alpha value is -3.52. The molecule has 0 spiro atoms. The molecule has 1 aromatic rings. The highest BCUT2D eigenvalue weighted by molar-refractivity contribution is 6.16. The zero-order valence-corrected chi connectivity index (χ0v) is 15.9. The summed E-state index contributed by atoms with van der Waals surface area (Å²) in [5.74, 6) is 0.662. The Labute approximate surface area is 161 Å². The predicted molar refractivity (Wildman–Crippen MR) is 102 cm³/mol. The highest BCUT2D eigenvalue weighted by Gasteiger charge is 2.26. The normalized spacial score (nSPS) is 20.0. The molecule has 0 saturated heterocycles. The van der Waals surface area contributed by atoms with Crippen molar-refractivity contribution >= 4 is 17.2 Å². The average Bonchev–Trinajstić information content (AvgIpc) is 2.99. The summed E-state index contributed by atoms with van der Waals surface area (Å²) in [6, 6.07) is 3.23. The molecule has 0 unspecified atom stereocenters. The first-order valence-electron chi connectivity index (χ1n) is 8.37. The van der Waals surface area contributed by atoms with Crippen LogP contribution in [0, 0.1) is 0 Å². The van der Waals surface area contributed by atoms with Crippen LogP contribution in [0.5, 0.6) is 17.2 Å². The summed E-state index contributed by atoms with van der Waals surface area (Å²) < 4.78 is 16.1. The minimum Gasteiger partial charge on any atom is -0.502 e. The molecular formula is C20H20N2O6. The molecule has 0 atom stereocenters. The Morgan fingerprint density at radius 2 is 1.82 bits per heavy atom. The van der Waals surface area contributed by atoms with E-state index in [0.29, 0.717) is 28.2 Å². The molecule has 0 aromatic heterocycles. The molecule has 2 N–H and O–H groups in total. The van der Waals surface area contributed by atoms with Gasteiger partial charge in [0.2, 0.25) is 17.5 Å². The highest BCUT2D eigenvalue weighted by Crippen LogP contribution is 2.42. The lowest BCUT2D eigenvalue weighted by atomic mass is 9.92. The molecule has 1 amide bonds. The Bertz CT molecular complexity index is 959. The molecule has 0 bridgehead atoms. The molecule has 1 aliphatic heterocycles. The predicted octanol–water partition coefficient (Wildman–Crippen LogP) is 3.14. The van der Waals surface area contributed by atoms with Crippen molar-refractivity contribution in [2.75, 3.05) is 14.2 Å². The van der Waals surface area contributed by atoms with Crippen LogP contribution in [0.4, 0.5) is 0 Å². The fraction of sp³-hybridized carbons (Fsp3) is 0.200. The molecule has 1 aliphatic carbocycles. The molecule has 0 fully saturated rings. The molecule has 0 saturated carbocycles. The second-order valence-corrected chi connectivity index (χ2v) is 6.08. The number of aliphatic imine (C=N–C) groups is 1. The average molecular weight is 384 g/mol. The van der Waals surface area contributed by atoms with Crippen LogP contribution in [0.25, 0.3) is 5.57 Å². The van der Waals surface area contributed by atoms with Crippen molar-refractivity contribution in [3.8, 4) is 17.2 Å². The number of nitrogens with zero attached hydrogens (tertiary/aromatic N) is 2. The number of methoxy groups -OCH3 is 2. The zero-order chi connectivity index (χ0) is 20.4. The fourth-order valence-electron chi connectivity index (χ4n) is 2.89. The van der Waals surface area contributed by atoms with Gasteiger partial charge in [0.15, 0.2) is 11.5 Å². The molecule has 2 aliphatic rings. The quantitative estimate of drug-likeness (QED) is 0.825. The number of ether oxygens (including phenoxy) is 3. The number of aromatic hydroxyl groups is 1. The maximum Gasteiger partial charge on any atom is 0.243 e. The Morgan fingerprint density at radius 1 is 1.18 bits per heavy atom. The monoisotopic (exact) mass is 384 g/mol. The SMILES string of the molecule is COc1cc(C2=CC(=NC(C)=O)C=CC2=C2OC(C)=CN2O)cc(OC)c1O. The topological polar surface area (TPSA) is 101 Å². The third kappa shape index (κ3) is 3.63. The number of phenolic OH excluding ortho intramolecular Hbond substituents is 1. The van der Waals surface area contributed by atoms with Gasteiger partial charge in [0, 0.05) is 12.5 Å². The van der Waals surface area contributed by atoms with Gasteiger partial charge in [-0.15, -0.1) is 0 Å². The number of benzene rings is 1. The first kappa shape index (κ1) is 19.2. The Balaban J connectivity index is 2.22. The molecule has 1 heterocycles.